The molecule has 1 amide bonds. The van der Waals surface area contributed by atoms with E-state index < -0.39 is 0 Å². The molecule has 1 N–H and O–H groups in total. The molecule has 2 aliphatic rings. The van der Waals surface area contributed by atoms with Crippen LogP contribution in [0, 0.1) is 6.92 Å². The van der Waals surface area contributed by atoms with Crippen molar-refractivity contribution in [2.45, 2.75) is 58.3 Å². The molecule has 0 radical (unpaired) electrons. The van der Waals surface area contributed by atoms with Crippen LogP contribution in [0.15, 0.2) is 42.5 Å². The molecule has 1 heterocycles. The lowest BCUT2D eigenvalue weighted by Gasteiger charge is -2.22. The summed E-state index contributed by atoms with van der Waals surface area (Å²) in [6.07, 6.45) is 3.97. The van der Waals surface area contributed by atoms with E-state index in [4.69, 9.17) is 9.47 Å². The molecular formula is C24H30N2O3. The van der Waals surface area contributed by atoms with Crippen LogP contribution in [0.3, 0.4) is 0 Å². The van der Waals surface area contributed by atoms with E-state index in [0.717, 1.165) is 36.6 Å². The molecule has 4 rings (SSSR count). The lowest BCUT2D eigenvalue weighted by molar-refractivity contribution is -0.119. The Kier molecular flexibility index (Phi) is 5.65. The highest BCUT2D eigenvalue weighted by atomic mass is 16.5. The molecule has 1 aliphatic carbocycles. The van der Waals surface area contributed by atoms with Crippen molar-refractivity contribution in [3.8, 4) is 11.5 Å². The van der Waals surface area contributed by atoms with Gasteiger partial charge >= 0.3 is 0 Å². The minimum Gasteiger partial charge on any atom is -0.490 e. The largest absolute Gasteiger partial charge is 0.490 e. The summed E-state index contributed by atoms with van der Waals surface area (Å²) >= 11 is 0. The zero-order chi connectivity index (χ0) is 20.4. The highest BCUT2D eigenvalue weighted by Gasteiger charge is 2.26. The molecule has 0 aromatic heterocycles. The minimum atomic E-state index is -0.0219. The molecule has 2 atom stereocenters. The second kappa shape index (κ2) is 8.36. The Labute approximate surface area is 173 Å². The molecule has 2 aromatic rings. The predicted molar refractivity (Wildman–Crippen MR) is 115 cm³/mol. The standard InChI is InChI=1S/C24H30N2O3/c1-16-14-22(28-21-8-9-21)10-11-24(16)26-13-12-23(15-26)29-20-6-4-19(5-7-20)17(2)25-18(3)27/h4-7,10-11,14,17,21,23H,8-9,12-13,15H2,1-3H3,(H,25,27)/t17-,23?/m0/s1. The maximum Gasteiger partial charge on any atom is 0.217 e. The molecule has 1 saturated carbocycles. The second-order valence-corrected chi connectivity index (χ2v) is 8.23. The van der Waals surface area contributed by atoms with Crippen molar-refractivity contribution < 1.29 is 14.3 Å². The number of hydrogen-bond donors (Lipinski definition) is 1. The van der Waals surface area contributed by atoms with Crippen LogP contribution in [-0.4, -0.2) is 31.2 Å². The molecule has 2 aromatic carbocycles. The molecule has 29 heavy (non-hydrogen) atoms. The maximum atomic E-state index is 11.2. The van der Waals surface area contributed by atoms with E-state index in [1.54, 1.807) is 0 Å². The summed E-state index contributed by atoms with van der Waals surface area (Å²) in [7, 11) is 0. The normalized spacial score (nSPS) is 19.7. The first kappa shape index (κ1) is 19.6. The Bertz CT molecular complexity index is 861. The molecular weight excluding hydrogens is 364 g/mol. The Morgan fingerprint density at radius 3 is 2.38 bits per heavy atom. The third kappa shape index (κ3) is 5.03. The quantitative estimate of drug-likeness (QED) is 0.757. The molecule has 1 aliphatic heterocycles. The van der Waals surface area contributed by atoms with Gasteiger partial charge in [-0.2, -0.15) is 0 Å². The van der Waals surface area contributed by atoms with Gasteiger partial charge in [-0.1, -0.05) is 12.1 Å². The third-order valence-electron chi connectivity index (χ3n) is 5.58. The van der Waals surface area contributed by atoms with Crippen LogP contribution < -0.4 is 19.7 Å². The predicted octanol–water partition coefficient (Wildman–Crippen LogP) is 4.39. The van der Waals surface area contributed by atoms with Gasteiger partial charge in [-0.3, -0.25) is 4.79 Å². The van der Waals surface area contributed by atoms with Crippen LogP contribution in [0.25, 0.3) is 0 Å². The summed E-state index contributed by atoms with van der Waals surface area (Å²) in [6.45, 7) is 7.54. The van der Waals surface area contributed by atoms with E-state index in [2.05, 4.69) is 35.3 Å². The average molecular weight is 395 g/mol. The smallest absolute Gasteiger partial charge is 0.217 e. The van der Waals surface area contributed by atoms with Gasteiger partial charge in [-0.05, 0) is 68.1 Å². The van der Waals surface area contributed by atoms with Gasteiger partial charge in [-0.25, -0.2) is 0 Å². The van der Waals surface area contributed by atoms with Crippen LogP contribution >= 0.6 is 0 Å². The fourth-order valence-corrected chi connectivity index (χ4v) is 3.89. The van der Waals surface area contributed by atoms with Gasteiger partial charge in [0.2, 0.25) is 5.91 Å². The van der Waals surface area contributed by atoms with Crippen molar-refractivity contribution in [2.24, 2.45) is 0 Å². The SMILES string of the molecule is CC(=O)N[C@@H](C)c1ccc(OC2CCN(c3ccc(OC4CC4)cc3C)C2)cc1. The van der Waals surface area contributed by atoms with E-state index in [1.807, 2.05) is 31.2 Å². The molecule has 1 unspecified atom stereocenters. The Morgan fingerprint density at radius 2 is 1.72 bits per heavy atom. The molecule has 2 fully saturated rings. The number of benzene rings is 2. The first-order valence-electron chi connectivity index (χ1n) is 10.5. The van der Waals surface area contributed by atoms with Gasteiger partial charge in [0.1, 0.15) is 17.6 Å². The first-order chi connectivity index (χ1) is 14.0. The topological polar surface area (TPSA) is 50.8 Å². The van der Waals surface area contributed by atoms with E-state index in [1.165, 1.54) is 31.0 Å². The van der Waals surface area contributed by atoms with Crippen molar-refractivity contribution in [1.82, 2.24) is 5.32 Å². The van der Waals surface area contributed by atoms with E-state index in [0.29, 0.717) is 6.10 Å². The summed E-state index contributed by atoms with van der Waals surface area (Å²) < 4.78 is 12.1. The zero-order valence-electron chi connectivity index (χ0n) is 17.5. The van der Waals surface area contributed by atoms with Crippen molar-refractivity contribution >= 4 is 11.6 Å². The summed E-state index contributed by atoms with van der Waals surface area (Å²) in [5.41, 5.74) is 3.59. The summed E-state index contributed by atoms with van der Waals surface area (Å²) in [5.74, 6) is 1.83. The lowest BCUT2D eigenvalue weighted by Crippen LogP contribution is -2.25. The number of carbonyl (C=O) groups excluding carboxylic acids is 1. The minimum absolute atomic E-state index is 0.00152. The molecule has 0 bridgehead atoms. The van der Waals surface area contributed by atoms with Crippen molar-refractivity contribution in [3.05, 3.63) is 53.6 Å². The van der Waals surface area contributed by atoms with Crippen LogP contribution in [-0.2, 0) is 4.79 Å². The van der Waals surface area contributed by atoms with E-state index in [-0.39, 0.29) is 18.1 Å². The molecule has 5 heteroatoms. The number of nitrogens with zero attached hydrogens (tertiary/aromatic N) is 1. The van der Waals surface area contributed by atoms with Crippen LogP contribution in [0.1, 0.15) is 50.3 Å². The van der Waals surface area contributed by atoms with Crippen LogP contribution in [0.4, 0.5) is 5.69 Å². The molecule has 1 saturated heterocycles. The average Bonchev–Trinajstić information content (AvgIpc) is 3.38. The summed E-state index contributed by atoms with van der Waals surface area (Å²) in [5, 5.41) is 2.90. The maximum absolute atomic E-state index is 11.2. The number of anilines is 1. The number of hydrogen-bond acceptors (Lipinski definition) is 4. The second-order valence-electron chi connectivity index (χ2n) is 8.23. The fourth-order valence-electron chi connectivity index (χ4n) is 3.89. The number of carbonyl (C=O) groups is 1. The Morgan fingerprint density at radius 1 is 1.03 bits per heavy atom. The van der Waals surface area contributed by atoms with Gasteiger partial charge in [-0.15, -0.1) is 0 Å². The van der Waals surface area contributed by atoms with Gasteiger partial charge in [0.25, 0.3) is 0 Å². The van der Waals surface area contributed by atoms with Crippen molar-refractivity contribution in [3.63, 3.8) is 0 Å². The molecule has 5 nitrogen and oxygen atoms in total. The van der Waals surface area contributed by atoms with Gasteiger partial charge < -0.3 is 19.7 Å². The number of aryl methyl sites for hydroxylation is 1. The van der Waals surface area contributed by atoms with E-state index >= 15 is 0 Å². The molecule has 154 valence electrons. The van der Waals surface area contributed by atoms with Gasteiger partial charge in [0.05, 0.1) is 18.7 Å². The van der Waals surface area contributed by atoms with Gasteiger partial charge in [0.15, 0.2) is 0 Å². The highest BCUT2D eigenvalue weighted by Crippen LogP contribution is 2.32. The first-order valence-corrected chi connectivity index (χ1v) is 10.5. The monoisotopic (exact) mass is 394 g/mol. The van der Waals surface area contributed by atoms with Crippen molar-refractivity contribution in [2.75, 3.05) is 18.0 Å². The number of rotatable bonds is 7. The third-order valence-corrected chi connectivity index (χ3v) is 5.58. The molecule has 0 spiro atoms. The lowest BCUT2D eigenvalue weighted by atomic mass is 10.1. The summed E-state index contributed by atoms with van der Waals surface area (Å²) in [6, 6.07) is 14.4. The van der Waals surface area contributed by atoms with E-state index in [9.17, 15) is 4.79 Å². The highest BCUT2D eigenvalue weighted by molar-refractivity contribution is 5.73. The fraction of sp³-hybridized carbons (Fsp3) is 0.458. The van der Waals surface area contributed by atoms with Gasteiger partial charge in [0, 0.05) is 25.6 Å². The van der Waals surface area contributed by atoms with Crippen molar-refractivity contribution in [1.29, 1.82) is 0 Å². The Hall–Kier alpha value is -2.69. The Balaban J connectivity index is 1.33. The number of amides is 1. The summed E-state index contributed by atoms with van der Waals surface area (Å²) in [4.78, 5) is 13.6. The number of ether oxygens (including phenoxy) is 2. The van der Waals surface area contributed by atoms with Crippen LogP contribution in [0.5, 0.6) is 11.5 Å². The van der Waals surface area contributed by atoms with Crippen LogP contribution in [0.2, 0.25) is 0 Å². The zero-order valence-corrected chi connectivity index (χ0v) is 17.5. The number of nitrogens with one attached hydrogen (secondary N) is 1.